The highest BCUT2D eigenvalue weighted by Crippen LogP contribution is 2.36. The van der Waals surface area contributed by atoms with Crippen molar-refractivity contribution in [3.05, 3.63) is 22.8 Å². The van der Waals surface area contributed by atoms with Gasteiger partial charge in [-0.1, -0.05) is 19.8 Å². The largest absolute Gasteiger partial charge is 0.480 e. The zero-order chi connectivity index (χ0) is 25.1. The van der Waals surface area contributed by atoms with Crippen LogP contribution >= 0.6 is 0 Å². The number of aliphatic hydroxyl groups is 1. The number of imidazole rings is 1. The molecule has 1 aromatic heterocycles. The van der Waals surface area contributed by atoms with Gasteiger partial charge < -0.3 is 14.0 Å². The summed E-state index contributed by atoms with van der Waals surface area (Å²) in [7, 11) is -13.4. The molecule has 32 heavy (non-hydrogen) atoms. The molecule has 0 saturated carbocycles. The van der Waals surface area contributed by atoms with Gasteiger partial charge in [-0.2, -0.15) is 26.3 Å². The Morgan fingerprint density at radius 2 is 1.53 bits per heavy atom. The highest BCUT2D eigenvalue weighted by atomic mass is 32.3. The average molecular weight is 522 g/mol. The zero-order valence-electron chi connectivity index (χ0n) is 17.0. The summed E-state index contributed by atoms with van der Waals surface area (Å²) in [5.41, 5.74) is -12.4. The first-order chi connectivity index (χ1) is 14.6. The molecule has 190 valence electrons. The van der Waals surface area contributed by atoms with E-state index in [4.69, 9.17) is 9.84 Å². The number of aryl methyl sites for hydroxylation is 1. The van der Waals surface area contributed by atoms with E-state index < -0.39 is 31.1 Å². The predicted octanol–water partition coefficient (Wildman–Crippen LogP) is 2.42. The number of alkyl halides is 6. The Bertz CT molecular complexity index is 800. The van der Waals surface area contributed by atoms with E-state index in [1.807, 2.05) is 0 Å². The normalized spacial score (nSPS) is 13.0. The fourth-order valence-corrected chi connectivity index (χ4v) is 3.68. The second-order valence-corrected chi connectivity index (χ2v) is 9.62. The zero-order valence-corrected chi connectivity index (χ0v) is 18.6. The van der Waals surface area contributed by atoms with Crippen molar-refractivity contribution in [3.8, 4) is 0 Å². The molecule has 0 fully saturated rings. The molecule has 0 unspecified atom stereocenters. The van der Waals surface area contributed by atoms with Gasteiger partial charge in [-0.05, 0) is 12.8 Å². The molecule has 0 aliphatic heterocycles. The van der Waals surface area contributed by atoms with Crippen LogP contribution in [0.25, 0.3) is 4.13 Å². The number of nitrogens with zero attached hydrogens (tertiary/aromatic N) is 3. The maximum absolute atomic E-state index is 11.4. The molecular formula is C15H25F6N3O6S2. The molecule has 1 N–H and O–H groups in total. The third kappa shape index (κ3) is 11.4. The van der Waals surface area contributed by atoms with Crippen LogP contribution in [0.5, 0.6) is 0 Å². The molecule has 17 heteroatoms. The van der Waals surface area contributed by atoms with Crippen molar-refractivity contribution in [3.63, 3.8) is 0 Å². The molecule has 1 heterocycles. The Hall–Kier alpha value is -1.43. The summed E-state index contributed by atoms with van der Waals surface area (Å²) < 4.78 is 119. The van der Waals surface area contributed by atoms with E-state index in [0.29, 0.717) is 13.2 Å². The molecule has 0 amide bonds. The van der Waals surface area contributed by atoms with E-state index in [1.54, 1.807) is 0 Å². The number of halogens is 6. The Morgan fingerprint density at radius 3 is 2.00 bits per heavy atom. The van der Waals surface area contributed by atoms with Gasteiger partial charge in [-0.15, -0.1) is 0 Å². The minimum absolute atomic E-state index is 0.100. The first-order valence-corrected chi connectivity index (χ1v) is 12.1. The van der Waals surface area contributed by atoms with Crippen LogP contribution in [-0.2, 0) is 37.9 Å². The smallest absolute Gasteiger partial charge is 0.421 e. The van der Waals surface area contributed by atoms with E-state index in [-0.39, 0.29) is 6.61 Å². The van der Waals surface area contributed by atoms with Crippen LogP contribution in [0.2, 0.25) is 0 Å². The number of aromatic nitrogens is 2. The molecule has 1 aromatic rings. The maximum atomic E-state index is 11.4. The maximum Gasteiger partial charge on any atom is 0.480 e. The summed E-state index contributed by atoms with van der Waals surface area (Å²) in [6.45, 7) is 5.37. The van der Waals surface area contributed by atoms with Gasteiger partial charge in [0, 0.05) is 0 Å². The fourth-order valence-electron chi connectivity index (χ4n) is 1.97. The van der Waals surface area contributed by atoms with Crippen molar-refractivity contribution in [2.45, 2.75) is 56.7 Å². The average Bonchev–Trinajstić information content (AvgIpc) is 3.08. The number of hydrogen-bond acceptors (Lipinski definition) is 6. The van der Waals surface area contributed by atoms with Crippen molar-refractivity contribution in [1.29, 1.82) is 0 Å². The summed E-state index contributed by atoms with van der Waals surface area (Å²) in [4.78, 5) is 0. The third-order valence-corrected chi connectivity index (χ3v) is 6.27. The second kappa shape index (κ2) is 13.3. The van der Waals surface area contributed by atoms with E-state index in [1.165, 1.54) is 25.7 Å². The van der Waals surface area contributed by atoms with Crippen LogP contribution in [-0.4, -0.2) is 57.3 Å². The van der Waals surface area contributed by atoms with E-state index in [9.17, 15) is 43.2 Å². The van der Waals surface area contributed by atoms with E-state index in [2.05, 4.69) is 34.8 Å². The molecule has 9 nitrogen and oxygen atoms in total. The molecule has 0 aliphatic rings. The standard InChI is InChI=1S/C13H25N2O2.C2F6NO4S2/c1-2-3-4-5-6-14-7-8-15(13-14)9-11-17-12-10-16;3-1(4,5)14(10,11)9-15(12,13)2(6,7)8/h7-8,13,16H,2-6,9-12H2,1H3;/q+1;-1. The summed E-state index contributed by atoms with van der Waals surface area (Å²) in [6.07, 6.45) is 11.5. The first-order valence-electron chi connectivity index (χ1n) is 9.17. The minimum atomic E-state index is -6.72. The topological polar surface area (TPSA) is 121 Å². The predicted molar refractivity (Wildman–Crippen MR) is 100.0 cm³/mol. The van der Waals surface area contributed by atoms with Crippen molar-refractivity contribution >= 4 is 20.0 Å². The van der Waals surface area contributed by atoms with E-state index in [0.717, 1.165) is 17.2 Å². The fraction of sp³-hybridized carbons (Fsp3) is 0.800. The lowest BCUT2D eigenvalue weighted by Crippen LogP contribution is -2.31. The number of sulfonamides is 2. The highest BCUT2D eigenvalue weighted by Gasteiger charge is 2.46. The van der Waals surface area contributed by atoms with Gasteiger partial charge in [0.15, 0.2) is 20.0 Å². The molecule has 0 spiro atoms. The van der Waals surface area contributed by atoms with Gasteiger partial charge in [0.2, 0.25) is 6.33 Å². The van der Waals surface area contributed by atoms with Crippen LogP contribution in [0.4, 0.5) is 26.3 Å². The quantitative estimate of drug-likeness (QED) is 0.256. The van der Waals surface area contributed by atoms with Crippen molar-refractivity contribution in [1.82, 2.24) is 4.57 Å². The van der Waals surface area contributed by atoms with Crippen molar-refractivity contribution in [2.75, 3.05) is 19.8 Å². The van der Waals surface area contributed by atoms with Crippen molar-refractivity contribution < 1.29 is 57.6 Å². The second-order valence-electron chi connectivity index (χ2n) is 6.20. The molecule has 0 bridgehead atoms. The van der Waals surface area contributed by atoms with Crippen LogP contribution in [0.15, 0.2) is 18.7 Å². The summed E-state index contributed by atoms with van der Waals surface area (Å²) in [5.74, 6) is 0. The number of rotatable bonds is 12. The Morgan fingerprint density at radius 1 is 0.969 bits per heavy atom. The van der Waals surface area contributed by atoms with Gasteiger partial charge in [0.05, 0.1) is 26.4 Å². The summed E-state index contributed by atoms with van der Waals surface area (Å²) >= 11 is 0. The Labute approximate surface area is 182 Å². The third-order valence-electron chi connectivity index (χ3n) is 3.53. The molecule has 0 radical (unpaired) electrons. The minimum Gasteiger partial charge on any atom is -0.421 e. The molecule has 0 aliphatic carbocycles. The van der Waals surface area contributed by atoms with Crippen LogP contribution in [0, 0.1) is 0 Å². The molecule has 1 rings (SSSR count). The van der Waals surface area contributed by atoms with E-state index >= 15 is 0 Å². The molecule has 0 saturated heterocycles. The Kier molecular flexibility index (Phi) is 12.7. The van der Waals surface area contributed by atoms with Gasteiger partial charge in [-0.3, -0.25) is 0 Å². The number of unbranched alkanes of at least 4 members (excludes halogenated alkanes) is 3. The number of ether oxygens (including phenoxy) is 1. The molecule has 0 atom stereocenters. The summed E-state index contributed by atoms with van der Waals surface area (Å²) in [5, 5.41) is 8.57. The van der Waals surface area contributed by atoms with Gasteiger partial charge in [-0.25, -0.2) is 26.0 Å². The Balaban J connectivity index is 0.000000607. The van der Waals surface area contributed by atoms with Gasteiger partial charge in [0.1, 0.15) is 18.9 Å². The summed E-state index contributed by atoms with van der Waals surface area (Å²) in [6, 6.07) is 0. The lowest BCUT2D eigenvalue weighted by atomic mass is 10.2. The molecule has 0 aromatic carbocycles. The number of aliphatic hydroxyl groups excluding tert-OH is 1. The van der Waals surface area contributed by atoms with Gasteiger partial charge >= 0.3 is 11.0 Å². The van der Waals surface area contributed by atoms with Crippen LogP contribution in [0.1, 0.15) is 32.6 Å². The molecular weight excluding hydrogens is 496 g/mol. The van der Waals surface area contributed by atoms with Crippen LogP contribution < -0.4 is 4.57 Å². The first kappa shape index (κ1) is 30.6. The van der Waals surface area contributed by atoms with Gasteiger partial charge in [0.25, 0.3) is 0 Å². The lowest BCUT2D eigenvalue weighted by molar-refractivity contribution is -0.696. The monoisotopic (exact) mass is 521 g/mol. The SMILES string of the molecule is CCCCCC[n+]1ccn(CCOCCO)c1.O=S(=O)([N-]S(=O)(=O)C(F)(F)F)C(F)(F)F. The van der Waals surface area contributed by atoms with Crippen LogP contribution in [0.3, 0.4) is 0 Å². The van der Waals surface area contributed by atoms with Crippen molar-refractivity contribution in [2.24, 2.45) is 0 Å². The lowest BCUT2D eigenvalue weighted by Gasteiger charge is -2.22. The highest BCUT2D eigenvalue weighted by molar-refractivity contribution is 8.13. The number of hydrogen-bond donors (Lipinski definition) is 1.